The summed E-state index contributed by atoms with van der Waals surface area (Å²) in [4.78, 5) is 14.8. The van der Waals surface area contributed by atoms with Crippen LogP contribution in [0.1, 0.15) is 53.0 Å². The summed E-state index contributed by atoms with van der Waals surface area (Å²) >= 11 is 2.77. The number of ether oxygens (including phenoxy) is 1. The zero-order valence-corrected chi connectivity index (χ0v) is 23.1. The number of fused-ring (bicyclic) bond motifs is 2. The lowest BCUT2D eigenvalue weighted by Crippen LogP contribution is -2.52. The van der Waals surface area contributed by atoms with Gasteiger partial charge in [-0.25, -0.2) is 4.79 Å². The van der Waals surface area contributed by atoms with Crippen LogP contribution in [-0.4, -0.2) is 48.3 Å². The van der Waals surface area contributed by atoms with Crippen LogP contribution in [0.5, 0.6) is 0 Å². The van der Waals surface area contributed by atoms with Crippen LogP contribution < -0.4 is 0 Å². The topological polar surface area (TPSA) is 70.3 Å². The van der Waals surface area contributed by atoms with Gasteiger partial charge in [0.2, 0.25) is 5.60 Å². The Morgan fingerprint density at radius 1 is 1.08 bits per heavy atom. The van der Waals surface area contributed by atoms with Crippen LogP contribution in [0.3, 0.4) is 0 Å². The summed E-state index contributed by atoms with van der Waals surface area (Å²) in [5.41, 5.74) is 0.243. The molecule has 5 nitrogen and oxygen atoms in total. The molecule has 1 aromatic carbocycles. The third kappa shape index (κ3) is 5.13. The van der Waals surface area contributed by atoms with E-state index in [1.165, 1.54) is 28.2 Å². The van der Waals surface area contributed by atoms with Crippen molar-refractivity contribution < 1.29 is 19.1 Å². The zero-order chi connectivity index (χ0) is 26.0. The van der Waals surface area contributed by atoms with Gasteiger partial charge in [-0.05, 0) is 72.7 Å². The number of hydrogen-bond donors (Lipinski definition) is 1. The van der Waals surface area contributed by atoms with Gasteiger partial charge in [-0.15, -0.1) is 22.7 Å². The van der Waals surface area contributed by atoms with Crippen molar-refractivity contribution in [2.45, 2.75) is 56.3 Å². The summed E-state index contributed by atoms with van der Waals surface area (Å²) in [5, 5.41) is 24.4. The highest BCUT2D eigenvalue weighted by molar-refractivity contribution is 7.12. The average Bonchev–Trinajstić information content (AvgIpc) is 3.72. The average molecular weight is 536 g/mol. The monoisotopic (exact) mass is 535 g/mol. The largest absolute Gasteiger partial charge is 0.459 e. The highest BCUT2D eigenvalue weighted by atomic mass is 32.1. The first-order valence-corrected chi connectivity index (χ1v) is 14.9. The van der Waals surface area contributed by atoms with Gasteiger partial charge >= 0.3 is 5.97 Å². The first-order chi connectivity index (χ1) is 17.8. The number of thiophene rings is 2. The minimum absolute atomic E-state index is 0.125. The van der Waals surface area contributed by atoms with Gasteiger partial charge in [-0.2, -0.15) is 5.26 Å². The van der Waals surface area contributed by atoms with Gasteiger partial charge in [0.15, 0.2) is 0 Å². The molecule has 0 aliphatic heterocycles. The van der Waals surface area contributed by atoms with Crippen LogP contribution in [0.2, 0.25) is 0 Å². The Kier molecular flexibility index (Phi) is 7.56. The summed E-state index contributed by atoms with van der Waals surface area (Å²) < 4.78 is 7.16. The molecule has 1 N–H and O–H groups in total. The number of rotatable bonds is 10. The second-order valence-electron chi connectivity index (χ2n) is 11.1. The van der Waals surface area contributed by atoms with Gasteiger partial charge in [0.25, 0.3) is 0 Å². The Hall–Kier alpha value is -2.50. The van der Waals surface area contributed by atoms with Crippen LogP contribution >= 0.6 is 22.7 Å². The number of benzene rings is 1. The van der Waals surface area contributed by atoms with Crippen molar-refractivity contribution in [3.8, 4) is 6.07 Å². The zero-order valence-electron chi connectivity index (χ0n) is 21.5. The van der Waals surface area contributed by atoms with Crippen molar-refractivity contribution in [2.75, 3.05) is 20.6 Å². The van der Waals surface area contributed by atoms with E-state index in [2.05, 4.69) is 32.3 Å². The van der Waals surface area contributed by atoms with Gasteiger partial charge in [-0.1, -0.05) is 24.3 Å². The summed E-state index contributed by atoms with van der Waals surface area (Å²) in [5.74, 6) is 0.164. The lowest BCUT2D eigenvalue weighted by Gasteiger charge is -2.40. The Labute approximate surface area is 227 Å². The van der Waals surface area contributed by atoms with E-state index in [-0.39, 0.29) is 6.10 Å². The quantitative estimate of drug-likeness (QED) is 0.205. The first-order valence-electron chi connectivity index (χ1n) is 13.2. The van der Waals surface area contributed by atoms with Crippen LogP contribution in [0, 0.1) is 23.2 Å². The number of nitriles is 1. The molecule has 0 saturated heterocycles. The predicted octanol–water partition coefficient (Wildman–Crippen LogP) is 5.73. The Morgan fingerprint density at radius 3 is 2.35 bits per heavy atom. The number of unbranched alkanes of at least 4 members (excludes halogenated alkanes) is 1. The molecule has 3 aromatic rings. The minimum atomic E-state index is -1.74. The smallest absolute Gasteiger partial charge is 0.349 e. The molecule has 2 aromatic heterocycles. The second-order valence-corrected chi connectivity index (χ2v) is 13.0. The van der Waals surface area contributed by atoms with Crippen molar-refractivity contribution in [3.63, 3.8) is 0 Å². The second kappa shape index (κ2) is 10.7. The third-order valence-electron chi connectivity index (χ3n) is 8.52. The maximum atomic E-state index is 13.6. The fourth-order valence-electron chi connectivity index (χ4n) is 6.48. The van der Waals surface area contributed by atoms with Crippen LogP contribution in [-0.2, 0) is 21.6 Å². The highest BCUT2D eigenvalue weighted by Gasteiger charge is 2.57. The minimum Gasteiger partial charge on any atom is -0.459 e. The number of aliphatic hydroxyl groups is 1. The molecule has 0 amide bonds. The van der Waals surface area contributed by atoms with Crippen molar-refractivity contribution in [1.82, 2.24) is 0 Å². The van der Waals surface area contributed by atoms with Crippen molar-refractivity contribution in [2.24, 2.45) is 11.8 Å². The summed E-state index contributed by atoms with van der Waals surface area (Å²) in [6.07, 6.45) is 6.38. The van der Waals surface area contributed by atoms with Gasteiger partial charge < -0.3 is 14.3 Å². The molecule has 4 unspecified atom stereocenters. The fraction of sp³-hybridized carbons (Fsp3) is 0.467. The van der Waals surface area contributed by atoms with Crippen molar-refractivity contribution in [1.29, 1.82) is 5.26 Å². The molecule has 2 heterocycles. The molecule has 0 spiro atoms. The van der Waals surface area contributed by atoms with E-state index in [4.69, 9.17) is 10.00 Å². The third-order valence-corrected chi connectivity index (χ3v) is 10.5. The molecule has 7 heteroatoms. The van der Waals surface area contributed by atoms with E-state index in [9.17, 15) is 9.90 Å². The summed E-state index contributed by atoms with van der Waals surface area (Å²) in [7, 11) is 4.64. The van der Waals surface area contributed by atoms with E-state index in [1.807, 2.05) is 47.2 Å². The molecule has 2 aliphatic carbocycles. The molecule has 37 heavy (non-hydrogen) atoms. The van der Waals surface area contributed by atoms with Gasteiger partial charge in [-0.3, -0.25) is 0 Å². The maximum Gasteiger partial charge on any atom is 0.349 e. The molecule has 2 bridgehead atoms. The summed E-state index contributed by atoms with van der Waals surface area (Å²) in [6.45, 7) is 1.08. The molecule has 4 atom stereocenters. The Morgan fingerprint density at radius 2 is 1.76 bits per heavy atom. The predicted molar refractivity (Wildman–Crippen MR) is 147 cm³/mol. The Bertz CT molecular complexity index is 1190. The van der Waals surface area contributed by atoms with E-state index in [0.717, 1.165) is 49.6 Å². The molecule has 0 radical (unpaired) electrons. The van der Waals surface area contributed by atoms with Crippen molar-refractivity contribution >= 4 is 28.6 Å². The molecule has 2 fully saturated rings. The number of nitrogens with zero attached hydrogens (tertiary/aromatic N) is 2. The number of hydrogen-bond acceptors (Lipinski definition) is 6. The van der Waals surface area contributed by atoms with E-state index in [1.54, 1.807) is 0 Å². The SMILES string of the molecule is C[N+](C)(CCCCc1ccc(C#N)cc1)C1CC2CCC1C2OC(=O)C(O)(c1cccs1)c1cccs1. The number of carbonyl (C=O) groups excluding carboxylic acids is 1. The molecule has 5 rings (SSSR count). The molecule has 194 valence electrons. The highest BCUT2D eigenvalue weighted by Crippen LogP contribution is 2.51. The Balaban J connectivity index is 1.21. The first kappa shape index (κ1) is 26.1. The maximum absolute atomic E-state index is 13.6. The molecule has 2 saturated carbocycles. The van der Waals surface area contributed by atoms with E-state index >= 15 is 0 Å². The van der Waals surface area contributed by atoms with Gasteiger partial charge in [0.1, 0.15) is 6.10 Å². The standard InChI is InChI=1S/C30H35N2O3S2/c1-32(2,16-4-3-7-21-10-12-22(20-31)13-11-21)25-19-23-14-15-24(25)28(23)35-29(33)30(34,26-8-5-17-36-26)27-9-6-18-37-27/h5-6,8-13,17-18,23-25,28,34H,3-4,7,14-16,19H2,1-2H3/q+1. The fourth-order valence-corrected chi connectivity index (χ4v) is 8.19. The number of aryl methyl sites for hydroxylation is 1. The number of carbonyl (C=O) groups is 1. The molecular weight excluding hydrogens is 500 g/mol. The molecular formula is C30H35N2O3S2+. The lowest BCUT2D eigenvalue weighted by molar-refractivity contribution is -0.918. The van der Waals surface area contributed by atoms with Crippen LogP contribution in [0.15, 0.2) is 59.3 Å². The normalized spacial score (nSPS) is 23.2. The number of esters is 1. The van der Waals surface area contributed by atoms with Crippen LogP contribution in [0.4, 0.5) is 0 Å². The van der Waals surface area contributed by atoms with Crippen LogP contribution in [0.25, 0.3) is 0 Å². The van der Waals surface area contributed by atoms with E-state index in [0.29, 0.717) is 33.2 Å². The van der Waals surface area contributed by atoms with Gasteiger partial charge in [0, 0.05) is 18.3 Å². The lowest BCUT2D eigenvalue weighted by atomic mass is 9.92. The van der Waals surface area contributed by atoms with Crippen molar-refractivity contribution in [3.05, 3.63) is 80.2 Å². The van der Waals surface area contributed by atoms with E-state index < -0.39 is 11.6 Å². The summed E-state index contributed by atoms with van der Waals surface area (Å²) in [6, 6.07) is 17.9. The van der Waals surface area contributed by atoms with Gasteiger partial charge in [0.05, 0.1) is 48.1 Å². The number of quaternary nitrogens is 1. The molecule has 2 aliphatic rings.